The van der Waals surface area contributed by atoms with Gasteiger partial charge >= 0.3 is 0 Å². The van der Waals surface area contributed by atoms with Crippen LogP contribution in [0.15, 0.2) is 36.5 Å². The zero-order chi connectivity index (χ0) is 20.1. The second-order valence-corrected chi connectivity index (χ2v) is 7.57. The van der Waals surface area contributed by atoms with Gasteiger partial charge in [0.25, 0.3) is 0 Å². The lowest BCUT2D eigenvalue weighted by atomic mass is 9.99. The molecule has 3 rings (SSSR count). The van der Waals surface area contributed by atoms with Crippen molar-refractivity contribution in [2.45, 2.75) is 38.8 Å². The van der Waals surface area contributed by atoms with Gasteiger partial charge in [-0.3, -0.25) is 9.69 Å². The first-order chi connectivity index (χ1) is 13.4. The summed E-state index contributed by atoms with van der Waals surface area (Å²) in [4.78, 5) is 25.4. The number of rotatable bonds is 7. The summed E-state index contributed by atoms with van der Waals surface area (Å²) in [6.07, 6.45) is 3.80. The molecule has 1 aromatic heterocycles. The highest BCUT2D eigenvalue weighted by Gasteiger charge is 2.31. The Morgan fingerprint density at radius 3 is 2.93 bits per heavy atom. The van der Waals surface area contributed by atoms with Gasteiger partial charge in [-0.2, -0.15) is 0 Å². The van der Waals surface area contributed by atoms with E-state index in [1.807, 2.05) is 24.9 Å². The molecule has 1 aliphatic heterocycles. The van der Waals surface area contributed by atoms with Crippen molar-refractivity contribution >= 4 is 11.7 Å². The van der Waals surface area contributed by atoms with Crippen molar-refractivity contribution in [1.82, 2.24) is 19.8 Å². The molecule has 0 aliphatic carbocycles. The summed E-state index contributed by atoms with van der Waals surface area (Å²) in [5.41, 5.74) is 6.39. The normalized spacial score (nSPS) is 17.9. The number of likely N-dealkylation sites (tertiary alicyclic amines) is 1. The maximum absolute atomic E-state index is 13.8. The van der Waals surface area contributed by atoms with Crippen LogP contribution in [0.3, 0.4) is 0 Å². The van der Waals surface area contributed by atoms with Crippen LogP contribution < -0.4 is 5.73 Å². The third-order valence-corrected chi connectivity index (χ3v) is 5.44. The summed E-state index contributed by atoms with van der Waals surface area (Å²) in [6.45, 7) is 3.97. The molecular weight excluding hydrogens is 357 g/mol. The summed E-state index contributed by atoms with van der Waals surface area (Å²) >= 11 is 0. The maximum Gasteiger partial charge on any atom is 0.225 e. The average molecular weight is 385 g/mol. The second kappa shape index (κ2) is 9.10. The minimum Gasteiger partial charge on any atom is -0.384 e. The minimum absolute atomic E-state index is 0.124. The summed E-state index contributed by atoms with van der Waals surface area (Å²) in [7, 11) is 2.02. The first kappa shape index (κ1) is 20.2. The number of hydrogen-bond acceptors (Lipinski definition) is 5. The van der Waals surface area contributed by atoms with E-state index in [1.165, 1.54) is 6.07 Å². The molecule has 0 bridgehead atoms. The quantitative estimate of drug-likeness (QED) is 0.793. The number of hydrogen-bond donors (Lipinski definition) is 1. The van der Waals surface area contributed by atoms with Crippen LogP contribution in [-0.4, -0.2) is 51.9 Å². The van der Waals surface area contributed by atoms with E-state index in [0.29, 0.717) is 43.1 Å². The lowest BCUT2D eigenvalue weighted by Gasteiger charge is -2.25. The number of nitrogen functional groups attached to an aromatic ring is 1. The third kappa shape index (κ3) is 5.04. The fourth-order valence-corrected chi connectivity index (χ4v) is 3.65. The summed E-state index contributed by atoms with van der Waals surface area (Å²) < 4.78 is 13.8. The van der Waals surface area contributed by atoms with E-state index in [2.05, 4.69) is 14.9 Å². The predicted octanol–water partition coefficient (Wildman–Crippen LogP) is 2.50. The largest absolute Gasteiger partial charge is 0.384 e. The molecule has 6 nitrogen and oxygen atoms in total. The topological polar surface area (TPSA) is 75.4 Å². The van der Waals surface area contributed by atoms with Gasteiger partial charge in [0.1, 0.15) is 17.5 Å². The number of carbonyl (C=O) groups is 1. The van der Waals surface area contributed by atoms with Crippen molar-refractivity contribution < 1.29 is 9.18 Å². The summed E-state index contributed by atoms with van der Waals surface area (Å²) in [5, 5.41) is 0. The molecule has 28 heavy (non-hydrogen) atoms. The molecule has 2 N–H and O–H groups in total. The van der Waals surface area contributed by atoms with Crippen LogP contribution in [0.2, 0.25) is 0 Å². The fraction of sp³-hybridized carbons (Fsp3) is 0.476. The number of aryl methyl sites for hydroxylation is 1. The number of anilines is 1. The van der Waals surface area contributed by atoms with Gasteiger partial charge in [-0.05, 0) is 44.0 Å². The smallest absolute Gasteiger partial charge is 0.225 e. The van der Waals surface area contributed by atoms with Gasteiger partial charge in [-0.1, -0.05) is 25.1 Å². The van der Waals surface area contributed by atoms with Crippen LogP contribution >= 0.6 is 0 Å². The molecular formula is C21H28FN5O. The molecule has 1 fully saturated rings. The van der Waals surface area contributed by atoms with Gasteiger partial charge in [0.05, 0.1) is 6.54 Å². The Kier molecular flexibility index (Phi) is 6.57. The molecule has 1 amide bonds. The molecule has 0 radical (unpaired) electrons. The Labute approximate surface area is 165 Å². The van der Waals surface area contributed by atoms with Gasteiger partial charge in [-0.15, -0.1) is 0 Å². The number of nitrogens with zero attached hydrogens (tertiary/aromatic N) is 4. The highest BCUT2D eigenvalue weighted by molar-refractivity contribution is 5.78. The Bertz CT molecular complexity index is 815. The SMILES string of the molecule is C[C@@H](CCc1ccccc1F)C(=O)N1CC[C@H](N(C)Cc2nccc(N)n2)C1. The molecule has 2 aromatic rings. The van der Waals surface area contributed by atoms with Gasteiger partial charge in [0.15, 0.2) is 0 Å². The number of aromatic nitrogens is 2. The highest BCUT2D eigenvalue weighted by atomic mass is 19.1. The molecule has 2 atom stereocenters. The summed E-state index contributed by atoms with van der Waals surface area (Å²) in [5.74, 6) is 0.970. The van der Waals surface area contributed by atoms with E-state index in [9.17, 15) is 9.18 Å². The van der Waals surface area contributed by atoms with Crippen LogP contribution in [0.4, 0.5) is 10.2 Å². The van der Waals surface area contributed by atoms with Crippen molar-refractivity contribution in [3.63, 3.8) is 0 Å². The van der Waals surface area contributed by atoms with E-state index in [1.54, 1.807) is 24.4 Å². The first-order valence-electron chi connectivity index (χ1n) is 9.74. The number of amides is 1. The average Bonchev–Trinajstić information content (AvgIpc) is 3.17. The lowest BCUT2D eigenvalue weighted by Crippen LogP contribution is -2.38. The van der Waals surface area contributed by atoms with Gasteiger partial charge in [-0.25, -0.2) is 14.4 Å². The summed E-state index contributed by atoms with van der Waals surface area (Å²) in [6, 6.07) is 8.70. The molecule has 1 saturated heterocycles. The lowest BCUT2D eigenvalue weighted by molar-refractivity contribution is -0.134. The van der Waals surface area contributed by atoms with Crippen LogP contribution in [-0.2, 0) is 17.8 Å². The van der Waals surface area contributed by atoms with Crippen LogP contribution in [0, 0.1) is 11.7 Å². The van der Waals surface area contributed by atoms with E-state index in [-0.39, 0.29) is 23.7 Å². The Morgan fingerprint density at radius 2 is 2.18 bits per heavy atom. The van der Waals surface area contributed by atoms with E-state index in [4.69, 9.17) is 5.73 Å². The Morgan fingerprint density at radius 1 is 1.39 bits per heavy atom. The number of nitrogens with two attached hydrogens (primary N) is 1. The monoisotopic (exact) mass is 385 g/mol. The number of benzene rings is 1. The molecule has 0 saturated carbocycles. The van der Waals surface area contributed by atoms with Crippen molar-refractivity contribution in [2.75, 3.05) is 25.9 Å². The number of carbonyl (C=O) groups excluding carboxylic acids is 1. The Balaban J connectivity index is 1.49. The first-order valence-corrected chi connectivity index (χ1v) is 9.74. The molecule has 7 heteroatoms. The van der Waals surface area contributed by atoms with Gasteiger partial charge in [0, 0.05) is 31.2 Å². The van der Waals surface area contributed by atoms with Crippen molar-refractivity contribution in [3.8, 4) is 0 Å². The van der Waals surface area contributed by atoms with Gasteiger partial charge in [0.2, 0.25) is 5.91 Å². The van der Waals surface area contributed by atoms with E-state index in [0.717, 1.165) is 13.0 Å². The molecule has 1 aromatic carbocycles. The molecule has 150 valence electrons. The second-order valence-electron chi connectivity index (χ2n) is 7.57. The van der Waals surface area contributed by atoms with Crippen molar-refractivity contribution in [1.29, 1.82) is 0 Å². The predicted molar refractivity (Wildman–Crippen MR) is 107 cm³/mol. The zero-order valence-electron chi connectivity index (χ0n) is 16.5. The Hall–Kier alpha value is -2.54. The van der Waals surface area contributed by atoms with Crippen LogP contribution in [0.5, 0.6) is 0 Å². The standard InChI is InChI=1S/C21H28FN5O/c1-15(7-8-16-5-3-4-6-18(16)22)21(28)27-12-10-17(13-27)26(2)14-20-24-11-9-19(23)25-20/h3-6,9,11,15,17H,7-8,10,12-14H2,1-2H3,(H2,23,24,25)/t15-,17-/m0/s1. The van der Waals surface area contributed by atoms with Crippen molar-refractivity contribution in [2.24, 2.45) is 5.92 Å². The van der Waals surface area contributed by atoms with Crippen molar-refractivity contribution in [3.05, 3.63) is 53.7 Å². The van der Waals surface area contributed by atoms with Gasteiger partial charge < -0.3 is 10.6 Å². The van der Waals surface area contributed by atoms with E-state index < -0.39 is 0 Å². The molecule has 1 aliphatic rings. The zero-order valence-corrected chi connectivity index (χ0v) is 16.5. The molecule has 2 heterocycles. The van der Waals surface area contributed by atoms with Crippen LogP contribution in [0.1, 0.15) is 31.2 Å². The van der Waals surface area contributed by atoms with Crippen LogP contribution in [0.25, 0.3) is 0 Å². The minimum atomic E-state index is -0.200. The molecule has 0 unspecified atom stereocenters. The maximum atomic E-state index is 13.8. The van der Waals surface area contributed by atoms with E-state index >= 15 is 0 Å². The number of likely N-dealkylation sites (N-methyl/N-ethyl adjacent to an activating group) is 1. The highest BCUT2D eigenvalue weighted by Crippen LogP contribution is 2.21. The number of halogens is 1. The molecule has 0 spiro atoms. The third-order valence-electron chi connectivity index (χ3n) is 5.44. The fourth-order valence-electron chi connectivity index (χ4n) is 3.65.